The molecule has 0 aliphatic rings. The molecule has 3 aromatic heterocycles. The highest BCUT2D eigenvalue weighted by atomic mass is 79.9. The molecule has 0 amide bonds. The third-order valence-electron chi connectivity index (χ3n) is 5.99. The van der Waals surface area contributed by atoms with Gasteiger partial charge in [-0.25, -0.2) is 0 Å². The molecule has 214 valence electrons. The van der Waals surface area contributed by atoms with Gasteiger partial charge < -0.3 is 15.2 Å². The molecule has 0 saturated heterocycles. The molecule has 5 rings (SSSR count). The average molecular weight is 623 g/mol. The molecule has 0 bridgehead atoms. The first-order valence-corrected chi connectivity index (χ1v) is 13.3. The van der Waals surface area contributed by atoms with Gasteiger partial charge in [-0.1, -0.05) is 6.07 Å². The molecule has 11 heteroatoms. The van der Waals surface area contributed by atoms with Gasteiger partial charge in [0.25, 0.3) is 5.69 Å². The maximum absolute atomic E-state index is 11.9. The highest BCUT2D eigenvalue weighted by Crippen LogP contribution is 2.41. The molecule has 0 aliphatic carbocycles. The van der Waals surface area contributed by atoms with Crippen LogP contribution in [0.3, 0.4) is 0 Å². The highest BCUT2D eigenvalue weighted by molar-refractivity contribution is 9.10. The van der Waals surface area contributed by atoms with Crippen molar-refractivity contribution in [2.45, 2.75) is 39.7 Å². The van der Waals surface area contributed by atoms with Gasteiger partial charge in [-0.3, -0.25) is 24.6 Å². The number of nitro groups is 1. The van der Waals surface area contributed by atoms with Gasteiger partial charge in [0.1, 0.15) is 5.52 Å². The summed E-state index contributed by atoms with van der Waals surface area (Å²) in [5, 5.41) is 35.5. The summed E-state index contributed by atoms with van der Waals surface area (Å²) in [4.78, 5) is 30.4. The Hall–Kier alpha value is -4.35. The van der Waals surface area contributed by atoms with Crippen LogP contribution in [-0.4, -0.2) is 46.5 Å². The van der Waals surface area contributed by atoms with E-state index in [9.17, 15) is 20.0 Å². The van der Waals surface area contributed by atoms with Crippen LogP contribution in [0, 0.1) is 17.0 Å². The first-order valence-electron chi connectivity index (χ1n) is 12.6. The summed E-state index contributed by atoms with van der Waals surface area (Å²) in [5.74, 6) is -1.06. The Labute approximate surface area is 245 Å². The van der Waals surface area contributed by atoms with Crippen molar-refractivity contribution in [1.82, 2.24) is 19.7 Å². The number of hydrogen-bond acceptors (Lipinski definition) is 6. The summed E-state index contributed by atoms with van der Waals surface area (Å²) < 4.78 is 2.34. The first-order chi connectivity index (χ1) is 19.2. The Morgan fingerprint density at radius 1 is 1.17 bits per heavy atom. The third kappa shape index (κ3) is 7.05. The lowest BCUT2D eigenvalue weighted by molar-refractivity contribution is -0.383. The molecule has 10 nitrogen and oxygen atoms in total. The number of nitro benzene ring substituents is 1. The van der Waals surface area contributed by atoms with Crippen molar-refractivity contribution in [2.24, 2.45) is 7.05 Å². The number of aliphatic carboxylic acids is 1. The molecule has 41 heavy (non-hydrogen) atoms. The number of rotatable bonds is 5. The zero-order valence-corrected chi connectivity index (χ0v) is 25.1. The average Bonchev–Trinajstić information content (AvgIpc) is 3.50. The number of carboxylic acid groups (broad SMARTS) is 1. The number of hydrogen-bond donors (Lipinski definition) is 3. The van der Waals surface area contributed by atoms with Gasteiger partial charge in [-0.15, -0.1) is 13.2 Å². The van der Waals surface area contributed by atoms with Crippen molar-refractivity contribution in [3.63, 3.8) is 0 Å². The minimum atomic E-state index is -1.06. The fraction of sp³-hybridized carbons (Fsp3) is 0.233. The molecular formula is C30H32BrN5O5. The Morgan fingerprint density at radius 2 is 1.83 bits per heavy atom. The molecule has 0 atom stereocenters. The Bertz CT molecular complexity index is 1740. The standard InChI is InChI=1S/C24H18BrN5O4.C4H10O.C2H4/c1-12-16(10-21(31)32)22(25)17-9-19(28-23(17)24(12)30(33)34)14-5-6-26-18(8-14)13-3-4-20-15(7-13)11-27-29(20)2;1-4(2,3)5;1-2/h3-9,11,28H,10H2,1-2H3,(H,31,32);5H,1-3H3;1-2H2. The lowest BCUT2D eigenvalue weighted by Crippen LogP contribution is -2.10. The second kappa shape index (κ2) is 12.4. The summed E-state index contributed by atoms with van der Waals surface area (Å²) in [6.45, 7) is 12.8. The molecular weight excluding hydrogens is 590 g/mol. The minimum absolute atomic E-state index is 0.128. The number of aliphatic hydroxyl groups is 1. The highest BCUT2D eigenvalue weighted by Gasteiger charge is 2.26. The van der Waals surface area contributed by atoms with Crippen LogP contribution in [-0.2, 0) is 18.3 Å². The first kappa shape index (κ1) is 31.2. The van der Waals surface area contributed by atoms with Crippen LogP contribution < -0.4 is 0 Å². The quantitative estimate of drug-likeness (QED) is 0.109. The Morgan fingerprint density at radius 3 is 2.44 bits per heavy atom. The summed E-state index contributed by atoms with van der Waals surface area (Å²) in [7, 11) is 1.89. The van der Waals surface area contributed by atoms with Crippen molar-refractivity contribution < 1.29 is 19.9 Å². The van der Waals surface area contributed by atoms with E-state index in [1.165, 1.54) is 0 Å². The van der Waals surface area contributed by atoms with Crippen molar-refractivity contribution in [3.8, 4) is 22.5 Å². The summed E-state index contributed by atoms with van der Waals surface area (Å²) in [6.07, 6.45) is 3.17. The molecule has 0 saturated carbocycles. The normalized spacial score (nSPS) is 11.0. The largest absolute Gasteiger partial charge is 0.481 e. The number of aromatic amines is 1. The molecule has 0 aliphatic heterocycles. The maximum atomic E-state index is 11.9. The smallest absolute Gasteiger partial charge is 0.307 e. The topological polar surface area (TPSA) is 147 Å². The Kier molecular flexibility index (Phi) is 9.46. The van der Waals surface area contributed by atoms with Crippen LogP contribution >= 0.6 is 15.9 Å². The minimum Gasteiger partial charge on any atom is -0.481 e. The molecule has 0 radical (unpaired) electrons. The number of pyridine rings is 1. The van der Waals surface area contributed by atoms with E-state index in [-0.39, 0.29) is 12.1 Å². The number of carbonyl (C=O) groups is 1. The third-order valence-corrected chi connectivity index (χ3v) is 6.89. The molecule has 2 aromatic carbocycles. The van der Waals surface area contributed by atoms with Gasteiger partial charge in [0, 0.05) is 50.9 Å². The number of fused-ring (bicyclic) bond motifs is 2. The van der Waals surface area contributed by atoms with Crippen molar-refractivity contribution >= 4 is 49.4 Å². The van der Waals surface area contributed by atoms with Crippen LogP contribution in [0.5, 0.6) is 0 Å². The van der Waals surface area contributed by atoms with Gasteiger partial charge in [0.05, 0.1) is 34.4 Å². The number of carboxylic acids is 1. The summed E-state index contributed by atoms with van der Waals surface area (Å²) in [5.41, 5.74) is 4.56. The number of benzene rings is 2. The molecule has 0 spiro atoms. The van der Waals surface area contributed by atoms with Crippen LogP contribution in [0.4, 0.5) is 5.69 Å². The monoisotopic (exact) mass is 621 g/mol. The van der Waals surface area contributed by atoms with Crippen LogP contribution in [0.1, 0.15) is 31.9 Å². The molecule has 3 N–H and O–H groups in total. The van der Waals surface area contributed by atoms with E-state index >= 15 is 0 Å². The van der Waals surface area contributed by atoms with E-state index in [0.717, 1.165) is 27.7 Å². The molecule has 0 fully saturated rings. The van der Waals surface area contributed by atoms with Crippen molar-refractivity contribution in [1.29, 1.82) is 0 Å². The fourth-order valence-corrected chi connectivity index (χ4v) is 5.05. The van der Waals surface area contributed by atoms with Crippen LogP contribution in [0.15, 0.2) is 66.4 Å². The van der Waals surface area contributed by atoms with Crippen LogP contribution in [0.25, 0.3) is 44.3 Å². The lowest BCUT2D eigenvalue weighted by atomic mass is 10.0. The van der Waals surface area contributed by atoms with E-state index < -0.39 is 16.5 Å². The van der Waals surface area contributed by atoms with Gasteiger partial charge >= 0.3 is 5.97 Å². The summed E-state index contributed by atoms with van der Waals surface area (Å²) >= 11 is 3.48. The second-order valence-electron chi connectivity index (χ2n) is 10.2. The van der Waals surface area contributed by atoms with Gasteiger partial charge in [-0.05, 0) is 79.5 Å². The van der Waals surface area contributed by atoms with E-state index in [1.807, 2.05) is 37.4 Å². The van der Waals surface area contributed by atoms with Gasteiger partial charge in [0.15, 0.2) is 0 Å². The zero-order valence-electron chi connectivity index (χ0n) is 23.5. The number of nitrogens with zero attached hydrogens (tertiary/aromatic N) is 4. The Balaban J connectivity index is 0.000000598. The van der Waals surface area contributed by atoms with Crippen molar-refractivity contribution in [3.05, 3.63) is 87.7 Å². The molecule has 5 aromatic rings. The van der Waals surface area contributed by atoms with Crippen LogP contribution in [0.2, 0.25) is 0 Å². The zero-order chi connectivity index (χ0) is 30.6. The predicted octanol–water partition coefficient (Wildman–Crippen LogP) is 6.97. The molecule has 3 heterocycles. The number of H-pyrrole nitrogens is 1. The summed E-state index contributed by atoms with van der Waals surface area (Å²) in [6, 6.07) is 11.5. The van der Waals surface area contributed by atoms with Gasteiger partial charge in [-0.2, -0.15) is 5.10 Å². The number of halogens is 1. The van der Waals surface area contributed by atoms with E-state index in [0.29, 0.717) is 32.2 Å². The van der Waals surface area contributed by atoms with E-state index in [1.54, 1.807) is 50.8 Å². The maximum Gasteiger partial charge on any atom is 0.307 e. The van der Waals surface area contributed by atoms with E-state index in [4.69, 9.17) is 5.11 Å². The molecule has 0 unspecified atom stereocenters. The van der Waals surface area contributed by atoms with Crippen molar-refractivity contribution in [2.75, 3.05) is 0 Å². The second-order valence-corrected chi connectivity index (χ2v) is 11.0. The number of aryl methyl sites for hydroxylation is 1. The number of nitrogens with one attached hydrogen (secondary N) is 1. The SMILES string of the molecule is C=C.CC(C)(C)O.Cc1c(CC(=O)O)c(Br)c2cc(-c3ccnc(-c4ccc5c(cnn5C)c4)c3)[nH]c2c1[N+](=O)[O-]. The number of aromatic nitrogens is 4. The van der Waals surface area contributed by atoms with Gasteiger partial charge in [0.2, 0.25) is 0 Å². The lowest BCUT2D eigenvalue weighted by Gasteiger charge is -2.09. The predicted molar refractivity (Wildman–Crippen MR) is 165 cm³/mol. The van der Waals surface area contributed by atoms with E-state index in [2.05, 4.69) is 44.2 Å². The fourth-order valence-electron chi connectivity index (χ4n) is 4.30.